The molecule has 0 saturated heterocycles. The van der Waals surface area contributed by atoms with E-state index in [0.29, 0.717) is 0 Å². The molecule has 6 N–H and O–H groups in total. The second-order valence-electron chi connectivity index (χ2n) is 2.20. The van der Waals surface area contributed by atoms with E-state index in [0.717, 1.165) is 0 Å². The van der Waals surface area contributed by atoms with Gasteiger partial charge in [0.1, 0.15) is 0 Å². The highest BCUT2D eigenvalue weighted by Crippen LogP contribution is 1.70. The summed E-state index contributed by atoms with van der Waals surface area (Å²) in [5, 5.41) is 4.84. The number of carbonyl (C=O) groups is 1. The summed E-state index contributed by atoms with van der Waals surface area (Å²) in [6, 6.07) is -0.343. The summed E-state index contributed by atoms with van der Waals surface area (Å²) in [6.45, 7) is 3.33. The van der Waals surface area contributed by atoms with E-state index in [-0.39, 0.29) is 18.4 Å². The van der Waals surface area contributed by atoms with Crippen molar-refractivity contribution in [3.63, 3.8) is 0 Å². The Hall–Kier alpha value is -0.810. The lowest BCUT2D eigenvalue weighted by Gasteiger charge is -2.11. The van der Waals surface area contributed by atoms with Crippen molar-refractivity contribution in [2.24, 2.45) is 11.5 Å². The van der Waals surface area contributed by atoms with Crippen LogP contribution in [0.25, 0.3) is 0 Å². The third-order valence-corrected chi connectivity index (χ3v) is 0.718. The summed E-state index contributed by atoms with van der Waals surface area (Å²) in [4.78, 5) is 10.7. The number of amides is 2. The van der Waals surface area contributed by atoms with Gasteiger partial charge in [-0.2, -0.15) is 0 Å². The molecule has 2 amide bonds. The van der Waals surface area contributed by atoms with E-state index < -0.39 is 0 Å². The Labute approximate surface area is 60.1 Å². The molecule has 5 nitrogen and oxygen atoms in total. The summed E-state index contributed by atoms with van der Waals surface area (Å²) in [6.07, 6.45) is -0.697. The Morgan fingerprint density at radius 3 is 1.70 bits per heavy atom. The first-order valence-electron chi connectivity index (χ1n) is 3.10. The number of rotatable bonds is 2. The largest absolute Gasteiger partial charge is 0.323 e. The summed E-state index contributed by atoms with van der Waals surface area (Å²) in [7, 11) is 0. The first kappa shape index (κ1) is 9.19. The highest BCUT2D eigenvalue weighted by molar-refractivity contribution is 5.74. The molecular weight excluding hydrogens is 132 g/mol. The van der Waals surface area contributed by atoms with Crippen LogP contribution in [0.4, 0.5) is 4.79 Å². The average molecular weight is 146 g/mol. The van der Waals surface area contributed by atoms with Crippen LogP contribution in [0.1, 0.15) is 13.8 Å². The first-order chi connectivity index (χ1) is 4.52. The predicted octanol–water partition coefficient (Wildman–Crippen LogP) is -1.10. The number of hydrogen-bond acceptors (Lipinski definition) is 3. The van der Waals surface area contributed by atoms with Gasteiger partial charge in [-0.1, -0.05) is 0 Å². The fourth-order valence-electron chi connectivity index (χ4n) is 0.455. The molecule has 60 valence electrons. The Bertz CT molecular complexity index is 100. The van der Waals surface area contributed by atoms with Crippen molar-refractivity contribution < 1.29 is 4.79 Å². The van der Waals surface area contributed by atoms with Crippen LogP contribution in [0.3, 0.4) is 0 Å². The van der Waals surface area contributed by atoms with Gasteiger partial charge in [-0.05, 0) is 13.8 Å². The maximum atomic E-state index is 10.7. The Morgan fingerprint density at radius 2 is 1.50 bits per heavy atom. The van der Waals surface area contributed by atoms with Gasteiger partial charge in [0.05, 0.1) is 12.3 Å². The molecule has 0 radical (unpaired) electrons. The van der Waals surface area contributed by atoms with Crippen LogP contribution in [-0.2, 0) is 0 Å². The minimum Gasteiger partial charge on any atom is -0.323 e. The van der Waals surface area contributed by atoms with E-state index in [1.54, 1.807) is 13.8 Å². The van der Waals surface area contributed by atoms with E-state index in [9.17, 15) is 4.79 Å². The molecular formula is C5H14N4O. The fourth-order valence-corrected chi connectivity index (χ4v) is 0.455. The molecule has 0 fully saturated rings. The van der Waals surface area contributed by atoms with Gasteiger partial charge in [0.15, 0.2) is 0 Å². The number of urea groups is 1. The minimum atomic E-state index is -0.348. The molecule has 0 bridgehead atoms. The summed E-state index contributed by atoms with van der Waals surface area (Å²) in [5.41, 5.74) is 10.5. The molecule has 0 aliphatic heterocycles. The van der Waals surface area contributed by atoms with Crippen LogP contribution in [-0.4, -0.2) is 18.4 Å². The topological polar surface area (TPSA) is 93.2 Å². The molecule has 0 aliphatic carbocycles. The van der Waals surface area contributed by atoms with Gasteiger partial charge in [-0.3, -0.25) is 0 Å². The third kappa shape index (κ3) is 5.33. The lowest BCUT2D eigenvalue weighted by atomic mass is 10.5. The van der Waals surface area contributed by atoms with Crippen molar-refractivity contribution in [2.75, 3.05) is 0 Å². The maximum Gasteiger partial charge on any atom is 0.317 e. The Morgan fingerprint density at radius 1 is 1.20 bits per heavy atom. The Kier molecular flexibility index (Phi) is 3.75. The number of nitrogens with one attached hydrogen (secondary N) is 2. The van der Waals surface area contributed by atoms with E-state index >= 15 is 0 Å². The third-order valence-electron chi connectivity index (χ3n) is 0.718. The van der Waals surface area contributed by atoms with Gasteiger partial charge in [0, 0.05) is 0 Å². The first-order valence-corrected chi connectivity index (χ1v) is 3.10. The van der Waals surface area contributed by atoms with Crippen LogP contribution >= 0.6 is 0 Å². The van der Waals surface area contributed by atoms with E-state index in [1.807, 2.05) is 0 Å². The minimum absolute atomic E-state index is 0.343. The van der Waals surface area contributed by atoms with E-state index in [4.69, 9.17) is 11.5 Å². The summed E-state index contributed by atoms with van der Waals surface area (Å²) < 4.78 is 0. The number of carbonyl (C=O) groups excluding carboxylic acids is 1. The van der Waals surface area contributed by atoms with Gasteiger partial charge >= 0.3 is 6.03 Å². The molecule has 0 aromatic carbocycles. The molecule has 0 saturated carbocycles. The highest BCUT2D eigenvalue weighted by Gasteiger charge is 2.02. The predicted molar refractivity (Wildman–Crippen MR) is 39.0 cm³/mol. The summed E-state index contributed by atoms with van der Waals surface area (Å²) in [5.74, 6) is 0. The molecule has 2 atom stereocenters. The van der Waals surface area contributed by atoms with Crippen molar-refractivity contribution in [3.8, 4) is 0 Å². The molecule has 0 aliphatic rings. The van der Waals surface area contributed by atoms with Gasteiger partial charge in [-0.15, -0.1) is 0 Å². The zero-order valence-corrected chi connectivity index (χ0v) is 6.22. The normalized spacial score (nSPS) is 15.6. The monoisotopic (exact) mass is 146 g/mol. The zero-order valence-electron chi connectivity index (χ0n) is 6.22. The molecule has 0 spiro atoms. The molecule has 0 aromatic rings. The second kappa shape index (κ2) is 4.08. The van der Waals surface area contributed by atoms with Crippen molar-refractivity contribution in [1.82, 2.24) is 10.6 Å². The summed E-state index contributed by atoms with van der Waals surface area (Å²) >= 11 is 0. The van der Waals surface area contributed by atoms with Crippen molar-refractivity contribution in [1.29, 1.82) is 0 Å². The van der Waals surface area contributed by atoms with E-state index in [2.05, 4.69) is 10.6 Å². The fraction of sp³-hybridized carbons (Fsp3) is 0.800. The lowest BCUT2D eigenvalue weighted by molar-refractivity contribution is 0.235. The van der Waals surface area contributed by atoms with Crippen LogP contribution in [0.15, 0.2) is 0 Å². The van der Waals surface area contributed by atoms with Crippen LogP contribution < -0.4 is 22.1 Å². The molecule has 10 heavy (non-hydrogen) atoms. The van der Waals surface area contributed by atoms with E-state index in [1.165, 1.54) is 0 Å². The highest BCUT2D eigenvalue weighted by atomic mass is 16.2. The SMILES string of the molecule is CC(N)NC(=O)NC(C)N. The molecule has 0 heterocycles. The maximum absolute atomic E-state index is 10.7. The standard InChI is InChI=1S/C5H14N4O/c1-3(6)8-5(10)9-4(2)7/h3-4H,6-7H2,1-2H3,(H2,8,9,10). The second-order valence-corrected chi connectivity index (χ2v) is 2.20. The Balaban J connectivity index is 3.44. The molecule has 5 heteroatoms. The quantitative estimate of drug-likeness (QED) is 0.372. The number of nitrogens with two attached hydrogens (primary N) is 2. The van der Waals surface area contributed by atoms with Crippen molar-refractivity contribution in [2.45, 2.75) is 26.2 Å². The van der Waals surface area contributed by atoms with Gasteiger partial charge < -0.3 is 22.1 Å². The average Bonchev–Trinajstić information content (AvgIpc) is 1.58. The molecule has 2 unspecified atom stereocenters. The van der Waals surface area contributed by atoms with Crippen molar-refractivity contribution in [3.05, 3.63) is 0 Å². The smallest absolute Gasteiger partial charge is 0.317 e. The van der Waals surface area contributed by atoms with Crippen LogP contribution in [0, 0.1) is 0 Å². The zero-order chi connectivity index (χ0) is 8.15. The lowest BCUT2D eigenvalue weighted by Crippen LogP contribution is -2.49. The van der Waals surface area contributed by atoms with Crippen LogP contribution in [0.5, 0.6) is 0 Å². The van der Waals surface area contributed by atoms with Crippen molar-refractivity contribution >= 4 is 6.03 Å². The van der Waals surface area contributed by atoms with Gasteiger partial charge in [0.25, 0.3) is 0 Å². The molecule has 0 aromatic heterocycles. The van der Waals surface area contributed by atoms with Crippen LogP contribution in [0.2, 0.25) is 0 Å². The number of hydrogen-bond donors (Lipinski definition) is 4. The van der Waals surface area contributed by atoms with Gasteiger partial charge in [0.2, 0.25) is 0 Å². The molecule has 0 rings (SSSR count). The van der Waals surface area contributed by atoms with Gasteiger partial charge in [-0.25, -0.2) is 4.79 Å².